The van der Waals surface area contributed by atoms with Gasteiger partial charge in [0.25, 0.3) is 5.91 Å². The maximum Gasteiger partial charge on any atom is 0.255 e. The van der Waals surface area contributed by atoms with Crippen molar-refractivity contribution in [2.24, 2.45) is 5.92 Å². The molecule has 0 unspecified atom stereocenters. The Morgan fingerprint density at radius 2 is 1.97 bits per heavy atom. The highest BCUT2D eigenvalue weighted by Crippen LogP contribution is 2.33. The lowest BCUT2D eigenvalue weighted by atomic mass is 10.1. The zero-order valence-corrected chi connectivity index (χ0v) is 17.6. The maximum atomic E-state index is 13.1. The normalized spacial score (nSPS) is 14.4. The molecule has 2 heterocycles. The van der Waals surface area contributed by atoms with Crippen molar-refractivity contribution in [3.05, 3.63) is 58.6 Å². The van der Waals surface area contributed by atoms with Gasteiger partial charge in [-0.2, -0.15) is 0 Å². The van der Waals surface area contributed by atoms with E-state index in [-0.39, 0.29) is 11.9 Å². The minimum absolute atomic E-state index is 0.181. The molecule has 1 aliphatic rings. The Morgan fingerprint density at radius 1 is 1.21 bits per heavy atom. The maximum absolute atomic E-state index is 13.1. The highest BCUT2D eigenvalue weighted by molar-refractivity contribution is 7.14. The number of ether oxygens (including phenoxy) is 1. The van der Waals surface area contributed by atoms with Crippen molar-refractivity contribution < 1.29 is 9.53 Å². The number of benzene rings is 1. The highest BCUT2D eigenvalue weighted by atomic mass is 32.1. The van der Waals surface area contributed by atoms with E-state index in [9.17, 15) is 4.79 Å². The second-order valence-corrected chi connectivity index (χ2v) is 8.73. The Labute approximate surface area is 174 Å². The van der Waals surface area contributed by atoms with Gasteiger partial charge < -0.3 is 10.1 Å². The third-order valence-corrected chi connectivity index (χ3v) is 5.87. The molecule has 1 atom stereocenters. The number of nitrogens with zero attached hydrogens (tertiary/aromatic N) is 3. The van der Waals surface area contributed by atoms with Crippen molar-refractivity contribution in [1.29, 1.82) is 0 Å². The number of amides is 1. The molecule has 7 heteroatoms. The predicted octanol–water partition coefficient (Wildman–Crippen LogP) is 4.50. The lowest BCUT2D eigenvalue weighted by Crippen LogP contribution is -2.27. The fourth-order valence-corrected chi connectivity index (χ4v) is 3.69. The largest absolute Gasteiger partial charge is 0.492 e. The third kappa shape index (κ3) is 4.79. The van der Waals surface area contributed by atoms with Gasteiger partial charge in [0, 0.05) is 34.6 Å². The van der Waals surface area contributed by atoms with Crippen LogP contribution in [0.4, 0.5) is 0 Å². The van der Waals surface area contributed by atoms with Crippen LogP contribution in [0.3, 0.4) is 0 Å². The Balaban J connectivity index is 1.59. The van der Waals surface area contributed by atoms with Gasteiger partial charge in [-0.25, -0.2) is 15.0 Å². The first kappa shape index (κ1) is 19.5. The molecule has 6 nitrogen and oxygen atoms in total. The molecular weight excluding hydrogens is 384 g/mol. The SMILES string of the molecule is Cc1ncc([C@@H](C)NC(=O)c2cc(-c3ncc(C)s3)ccc2OCC2CC2)cn1. The Hall–Kier alpha value is -2.80. The molecule has 2 aromatic heterocycles. The number of carbonyl (C=O) groups is 1. The standard InChI is InChI=1S/C22H24N4O2S/c1-13-9-25-22(29-13)17-6-7-20(28-12-16-4-5-16)19(8-17)21(27)26-14(2)18-10-23-15(3)24-11-18/h6-11,14,16H,4-5,12H2,1-3H3,(H,26,27)/t14-/m1/s1. The van der Waals surface area contributed by atoms with Gasteiger partial charge in [-0.05, 0) is 57.7 Å². The van der Waals surface area contributed by atoms with Gasteiger partial charge in [0.05, 0.1) is 18.2 Å². The molecule has 0 radical (unpaired) electrons. The number of aromatic nitrogens is 3. The Kier molecular flexibility index (Phi) is 5.58. The van der Waals surface area contributed by atoms with Gasteiger partial charge in [-0.1, -0.05) is 0 Å². The summed E-state index contributed by atoms with van der Waals surface area (Å²) in [7, 11) is 0. The molecule has 4 rings (SSSR count). The van der Waals surface area contributed by atoms with Gasteiger partial charge >= 0.3 is 0 Å². The van der Waals surface area contributed by atoms with Crippen LogP contribution in [0.25, 0.3) is 10.6 Å². The van der Waals surface area contributed by atoms with Crippen molar-refractivity contribution in [2.45, 2.75) is 39.7 Å². The van der Waals surface area contributed by atoms with E-state index in [0.717, 1.165) is 21.0 Å². The number of nitrogens with one attached hydrogen (secondary N) is 1. The second-order valence-electron chi connectivity index (χ2n) is 7.50. The number of rotatable bonds is 7. The topological polar surface area (TPSA) is 77.0 Å². The van der Waals surface area contributed by atoms with Crippen molar-refractivity contribution in [2.75, 3.05) is 6.61 Å². The molecule has 1 fully saturated rings. The van der Waals surface area contributed by atoms with E-state index in [1.54, 1.807) is 23.7 Å². The summed E-state index contributed by atoms with van der Waals surface area (Å²) in [6.45, 7) is 6.43. The molecule has 1 aromatic carbocycles. The summed E-state index contributed by atoms with van der Waals surface area (Å²) in [4.78, 5) is 27.1. The van der Waals surface area contributed by atoms with Gasteiger partial charge in [-0.15, -0.1) is 11.3 Å². The summed E-state index contributed by atoms with van der Waals surface area (Å²) in [5.74, 6) is 1.74. The molecule has 1 saturated carbocycles. The van der Waals surface area contributed by atoms with Gasteiger partial charge in [0.2, 0.25) is 0 Å². The molecule has 150 valence electrons. The summed E-state index contributed by atoms with van der Waals surface area (Å²) in [5.41, 5.74) is 2.30. The molecule has 29 heavy (non-hydrogen) atoms. The van der Waals surface area contributed by atoms with Gasteiger partial charge in [0.1, 0.15) is 16.6 Å². The molecule has 0 bridgehead atoms. The van der Waals surface area contributed by atoms with E-state index in [0.29, 0.717) is 29.7 Å². The molecular formula is C22H24N4O2S. The minimum atomic E-state index is -0.217. The van der Waals surface area contributed by atoms with Crippen molar-refractivity contribution in [3.63, 3.8) is 0 Å². The average Bonchev–Trinajstić information content (AvgIpc) is 3.45. The van der Waals surface area contributed by atoms with Crippen LogP contribution in [0, 0.1) is 19.8 Å². The van der Waals surface area contributed by atoms with E-state index in [1.807, 2.05) is 45.2 Å². The minimum Gasteiger partial charge on any atom is -0.492 e. The van der Waals surface area contributed by atoms with Crippen molar-refractivity contribution >= 4 is 17.2 Å². The van der Waals surface area contributed by atoms with Crippen LogP contribution in [0.1, 0.15) is 52.4 Å². The molecule has 0 saturated heterocycles. The number of hydrogen-bond acceptors (Lipinski definition) is 6. The van der Waals surface area contributed by atoms with Gasteiger partial charge in [0.15, 0.2) is 0 Å². The second kappa shape index (κ2) is 8.29. The lowest BCUT2D eigenvalue weighted by Gasteiger charge is -2.17. The van der Waals surface area contributed by atoms with E-state index in [2.05, 4.69) is 20.3 Å². The zero-order chi connectivity index (χ0) is 20.4. The van der Waals surface area contributed by atoms with Crippen LogP contribution in [-0.4, -0.2) is 27.5 Å². The summed E-state index contributed by atoms with van der Waals surface area (Å²) in [5, 5.41) is 3.94. The number of hydrogen-bond donors (Lipinski definition) is 1. The van der Waals surface area contributed by atoms with E-state index >= 15 is 0 Å². The quantitative estimate of drug-likeness (QED) is 0.623. The number of thiazole rings is 1. The molecule has 3 aromatic rings. The third-order valence-electron chi connectivity index (χ3n) is 4.91. The van der Waals surface area contributed by atoms with Crippen molar-refractivity contribution in [3.8, 4) is 16.3 Å². The molecule has 0 spiro atoms. The summed E-state index contributed by atoms with van der Waals surface area (Å²) < 4.78 is 5.98. The average molecular weight is 409 g/mol. The van der Waals surface area contributed by atoms with Crippen LogP contribution in [0.2, 0.25) is 0 Å². The number of aryl methyl sites for hydroxylation is 2. The van der Waals surface area contributed by atoms with Gasteiger partial charge in [-0.3, -0.25) is 4.79 Å². The Bertz CT molecular complexity index is 1010. The fourth-order valence-electron chi connectivity index (χ4n) is 2.93. The first-order valence-electron chi connectivity index (χ1n) is 9.78. The highest BCUT2D eigenvalue weighted by Gasteiger charge is 2.24. The molecule has 1 aliphatic carbocycles. The zero-order valence-electron chi connectivity index (χ0n) is 16.8. The smallest absolute Gasteiger partial charge is 0.255 e. The Morgan fingerprint density at radius 3 is 2.62 bits per heavy atom. The molecule has 1 N–H and O–H groups in total. The molecule has 0 aliphatic heterocycles. The predicted molar refractivity (Wildman–Crippen MR) is 113 cm³/mol. The fraction of sp³-hybridized carbons (Fsp3) is 0.364. The van der Waals surface area contributed by atoms with E-state index < -0.39 is 0 Å². The first-order valence-corrected chi connectivity index (χ1v) is 10.6. The summed E-state index contributed by atoms with van der Waals surface area (Å²) in [6, 6.07) is 5.50. The monoisotopic (exact) mass is 408 g/mol. The molecule has 1 amide bonds. The summed E-state index contributed by atoms with van der Waals surface area (Å²) >= 11 is 1.61. The number of carbonyl (C=O) groups excluding carboxylic acids is 1. The van der Waals surface area contributed by atoms with Crippen LogP contribution in [0.15, 0.2) is 36.8 Å². The van der Waals surface area contributed by atoms with Crippen LogP contribution >= 0.6 is 11.3 Å². The van der Waals surface area contributed by atoms with Crippen LogP contribution in [-0.2, 0) is 0 Å². The van der Waals surface area contributed by atoms with Crippen LogP contribution < -0.4 is 10.1 Å². The van der Waals surface area contributed by atoms with E-state index in [1.165, 1.54) is 12.8 Å². The van der Waals surface area contributed by atoms with E-state index in [4.69, 9.17) is 4.74 Å². The lowest BCUT2D eigenvalue weighted by molar-refractivity contribution is 0.0935. The first-order chi connectivity index (χ1) is 14.0. The summed E-state index contributed by atoms with van der Waals surface area (Å²) in [6.07, 6.45) is 7.72. The van der Waals surface area contributed by atoms with Crippen LogP contribution in [0.5, 0.6) is 5.75 Å². The van der Waals surface area contributed by atoms with Crippen molar-refractivity contribution in [1.82, 2.24) is 20.3 Å².